The molecule has 48 valence electrons. The Balaban J connectivity index is 3.52. The van der Waals surface area contributed by atoms with E-state index in [9.17, 15) is 4.79 Å². The number of carbonyl (C=O) groups is 1. The van der Waals surface area contributed by atoms with Crippen LogP contribution >= 0.6 is 0 Å². The second-order valence-corrected chi connectivity index (χ2v) is 1.11. The van der Waals surface area contributed by atoms with Gasteiger partial charge in [0, 0.05) is 0 Å². The van der Waals surface area contributed by atoms with Crippen LogP contribution in [-0.4, -0.2) is 39.8 Å². The van der Waals surface area contributed by atoms with E-state index in [0.717, 1.165) is 0 Å². The minimum absolute atomic E-state index is 0.444. The highest BCUT2D eigenvalue weighted by Gasteiger charge is 2.05. The molecule has 3 N–H and O–H groups in total. The van der Waals surface area contributed by atoms with Crippen molar-refractivity contribution < 1.29 is 20.1 Å². The Morgan fingerprint density at radius 1 is 1.38 bits per heavy atom. The lowest BCUT2D eigenvalue weighted by Gasteiger charge is -2.10. The van der Waals surface area contributed by atoms with Crippen molar-refractivity contribution in [1.82, 2.24) is 4.90 Å². The molecule has 0 bridgehead atoms. The fraction of sp³-hybridized carbons (Fsp3) is 0.667. The molecule has 0 saturated carbocycles. The molecule has 5 heteroatoms. The maximum Gasteiger partial charge on any atom is 0.410 e. The summed E-state index contributed by atoms with van der Waals surface area (Å²) >= 11 is 0. The molecule has 0 saturated heterocycles. The normalized spacial score (nSPS) is 8.75. The fourth-order valence-corrected chi connectivity index (χ4v) is 0.166. The molecule has 0 spiro atoms. The van der Waals surface area contributed by atoms with Gasteiger partial charge in [0.05, 0.1) is 0 Å². The van der Waals surface area contributed by atoms with Gasteiger partial charge in [-0.3, -0.25) is 4.90 Å². The lowest BCUT2D eigenvalue weighted by Crippen LogP contribution is -2.30. The predicted octanol–water partition coefficient (Wildman–Crippen LogP) is -1.13. The topological polar surface area (TPSA) is 81.0 Å². The van der Waals surface area contributed by atoms with Crippen LogP contribution in [-0.2, 0) is 0 Å². The first-order chi connectivity index (χ1) is 3.72. The second-order valence-electron chi connectivity index (χ2n) is 1.11. The van der Waals surface area contributed by atoms with E-state index in [4.69, 9.17) is 15.3 Å². The molecule has 0 aromatic heterocycles. The number of aliphatic hydroxyl groups excluding tert-OH is 2. The monoisotopic (exact) mass is 121 g/mol. The second kappa shape index (κ2) is 3.23. The average Bonchev–Trinajstić information content (AvgIpc) is 1.69. The van der Waals surface area contributed by atoms with E-state index in [1.165, 1.54) is 0 Å². The van der Waals surface area contributed by atoms with E-state index in [-0.39, 0.29) is 0 Å². The van der Waals surface area contributed by atoms with Crippen LogP contribution in [0.15, 0.2) is 0 Å². The maximum absolute atomic E-state index is 9.77. The molecule has 0 aliphatic rings. The van der Waals surface area contributed by atoms with Crippen LogP contribution in [0.2, 0.25) is 0 Å². The summed E-state index contributed by atoms with van der Waals surface area (Å²) in [6, 6.07) is 0. The van der Waals surface area contributed by atoms with Crippen molar-refractivity contribution in [2.45, 2.75) is 0 Å². The van der Waals surface area contributed by atoms with Gasteiger partial charge in [-0.1, -0.05) is 0 Å². The van der Waals surface area contributed by atoms with E-state index in [1.54, 1.807) is 0 Å². The largest absolute Gasteiger partial charge is 0.465 e. The van der Waals surface area contributed by atoms with Crippen LogP contribution in [0.25, 0.3) is 0 Å². The standard InChI is InChI=1S/C3H7NO4/c5-1-4(2-6)3(7)8/h5-6H,1-2H2,(H,7,8). The summed E-state index contributed by atoms with van der Waals surface area (Å²) in [6.45, 7) is -1.35. The molecule has 5 nitrogen and oxygen atoms in total. The van der Waals surface area contributed by atoms with Gasteiger partial charge >= 0.3 is 6.09 Å². The number of rotatable bonds is 2. The quantitative estimate of drug-likeness (QED) is 0.403. The first-order valence-corrected chi connectivity index (χ1v) is 1.92. The molecule has 0 aliphatic heterocycles. The highest BCUT2D eigenvalue weighted by atomic mass is 16.4. The van der Waals surface area contributed by atoms with Gasteiger partial charge in [0.25, 0.3) is 0 Å². The van der Waals surface area contributed by atoms with Crippen molar-refractivity contribution in [3.63, 3.8) is 0 Å². The Morgan fingerprint density at radius 3 is 1.75 bits per heavy atom. The molecule has 0 radical (unpaired) electrons. The summed E-state index contributed by atoms with van der Waals surface area (Å²) in [4.78, 5) is 10.2. The predicted molar refractivity (Wildman–Crippen MR) is 24.0 cm³/mol. The van der Waals surface area contributed by atoms with Gasteiger partial charge < -0.3 is 15.3 Å². The van der Waals surface area contributed by atoms with Gasteiger partial charge in [0.2, 0.25) is 0 Å². The van der Waals surface area contributed by atoms with E-state index in [0.29, 0.717) is 4.90 Å². The third-order valence-electron chi connectivity index (χ3n) is 0.612. The molecular weight excluding hydrogens is 114 g/mol. The molecule has 8 heavy (non-hydrogen) atoms. The lowest BCUT2D eigenvalue weighted by molar-refractivity contribution is 0.0343. The highest BCUT2D eigenvalue weighted by Crippen LogP contribution is 1.81. The van der Waals surface area contributed by atoms with E-state index >= 15 is 0 Å². The summed E-state index contributed by atoms with van der Waals surface area (Å²) in [7, 11) is 0. The molecule has 0 aromatic rings. The molecule has 0 unspecified atom stereocenters. The number of hydrogen-bond acceptors (Lipinski definition) is 3. The van der Waals surface area contributed by atoms with Gasteiger partial charge in [0.15, 0.2) is 0 Å². The minimum Gasteiger partial charge on any atom is -0.465 e. The average molecular weight is 121 g/mol. The maximum atomic E-state index is 9.77. The van der Waals surface area contributed by atoms with Gasteiger partial charge in [-0.2, -0.15) is 0 Å². The zero-order valence-corrected chi connectivity index (χ0v) is 4.11. The zero-order chi connectivity index (χ0) is 6.57. The van der Waals surface area contributed by atoms with Crippen LogP contribution in [0.1, 0.15) is 0 Å². The number of amides is 1. The Morgan fingerprint density at radius 2 is 1.75 bits per heavy atom. The first-order valence-electron chi connectivity index (χ1n) is 1.92. The van der Waals surface area contributed by atoms with Gasteiger partial charge in [-0.05, 0) is 0 Å². The van der Waals surface area contributed by atoms with Crippen molar-refractivity contribution in [2.75, 3.05) is 13.5 Å². The van der Waals surface area contributed by atoms with Crippen molar-refractivity contribution in [3.8, 4) is 0 Å². The van der Waals surface area contributed by atoms with Crippen LogP contribution in [0.5, 0.6) is 0 Å². The molecule has 0 aliphatic carbocycles. The number of carboxylic acid groups (broad SMARTS) is 1. The SMILES string of the molecule is O=C(O)N(CO)CO. The minimum atomic E-state index is -1.34. The van der Waals surface area contributed by atoms with E-state index in [2.05, 4.69) is 0 Å². The molecule has 1 amide bonds. The van der Waals surface area contributed by atoms with Crippen molar-refractivity contribution in [3.05, 3.63) is 0 Å². The number of nitrogens with zero attached hydrogens (tertiary/aromatic N) is 1. The molecule has 0 rings (SSSR count). The van der Waals surface area contributed by atoms with Crippen LogP contribution < -0.4 is 0 Å². The third kappa shape index (κ3) is 1.76. The van der Waals surface area contributed by atoms with Crippen molar-refractivity contribution in [1.29, 1.82) is 0 Å². The first kappa shape index (κ1) is 7.19. The van der Waals surface area contributed by atoms with Crippen LogP contribution in [0.3, 0.4) is 0 Å². The van der Waals surface area contributed by atoms with Crippen molar-refractivity contribution in [2.24, 2.45) is 0 Å². The molecule has 0 heterocycles. The Kier molecular flexibility index (Phi) is 2.90. The van der Waals surface area contributed by atoms with Gasteiger partial charge in [-0.15, -0.1) is 0 Å². The Labute approximate surface area is 45.8 Å². The Hall–Kier alpha value is -0.810. The summed E-state index contributed by atoms with van der Waals surface area (Å²) in [6.07, 6.45) is -1.34. The van der Waals surface area contributed by atoms with Crippen molar-refractivity contribution >= 4 is 6.09 Å². The van der Waals surface area contributed by atoms with E-state index in [1.807, 2.05) is 0 Å². The molecule has 0 fully saturated rings. The van der Waals surface area contributed by atoms with Gasteiger partial charge in [-0.25, -0.2) is 4.79 Å². The lowest BCUT2D eigenvalue weighted by atomic mass is 10.8. The summed E-state index contributed by atoms with van der Waals surface area (Å²) in [5, 5.41) is 24.1. The molecule has 0 atom stereocenters. The third-order valence-corrected chi connectivity index (χ3v) is 0.612. The molecular formula is C3H7NO4. The Bertz CT molecular complexity index is 79.4. The highest BCUT2D eigenvalue weighted by molar-refractivity contribution is 5.64. The number of aliphatic hydroxyl groups is 2. The smallest absolute Gasteiger partial charge is 0.410 e. The van der Waals surface area contributed by atoms with Crippen LogP contribution in [0, 0.1) is 0 Å². The summed E-state index contributed by atoms with van der Waals surface area (Å²) < 4.78 is 0. The summed E-state index contributed by atoms with van der Waals surface area (Å²) in [5.41, 5.74) is 0. The number of hydrogen-bond donors (Lipinski definition) is 3. The zero-order valence-electron chi connectivity index (χ0n) is 4.11. The summed E-state index contributed by atoms with van der Waals surface area (Å²) in [5.74, 6) is 0. The van der Waals surface area contributed by atoms with Crippen LogP contribution in [0.4, 0.5) is 4.79 Å². The fourth-order valence-electron chi connectivity index (χ4n) is 0.166. The molecule has 0 aromatic carbocycles. The van der Waals surface area contributed by atoms with E-state index < -0.39 is 19.6 Å². The van der Waals surface area contributed by atoms with Gasteiger partial charge in [0.1, 0.15) is 13.5 Å².